The molecule has 0 saturated heterocycles. The quantitative estimate of drug-likeness (QED) is 0.0865. The van der Waals surface area contributed by atoms with Crippen molar-refractivity contribution in [2.45, 2.75) is 209 Å². The van der Waals surface area contributed by atoms with Crippen LogP contribution in [0.5, 0.6) is 0 Å². The van der Waals surface area contributed by atoms with E-state index in [0.29, 0.717) is 16.2 Å². The molecular weight excluding hydrogens is 671 g/mol. The predicted octanol–water partition coefficient (Wildman–Crippen LogP) is 8.13. The Morgan fingerprint density at radius 1 is 0.422 bits per heavy atom. The molecule has 0 atom stereocenters. The Balaban J connectivity index is -0.000000251. The van der Waals surface area contributed by atoms with Gasteiger partial charge in [-0.3, -0.25) is 0 Å². The van der Waals surface area contributed by atoms with Gasteiger partial charge in [-0.1, -0.05) is 101 Å². The Morgan fingerprint density at radius 2 is 0.667 bits per heavy atom. The molecule has 0 fully saturated rings. The zero-order valence-corrected chi connectivity index (χ0v) is 34.4. The molecule has 0 unspecified atom stereocenters. The first-order chi connectivity index (χ1) is 20.7. The van der Waals surface area contributed by atoms with Gasteiger partial charge in [0.25, 0.3) is 0 Å². The van der Waals surface area contributed by atoms with Crippen LogP contribution in [-0.4, -0.2) is 40.4 Å². The van der Waals surface area contributed by atoms with E-state index in [1.165, 1.54) is 62.2 Å². The van der Waals surface area contributed by atoms with E-state index < -0.39 is 17.9 Å². The summed E-state index contributed by atoms with van der Waals surface area (Å²) < 4.78 is 1.46. The van der Waals surface area contributed by atoms with Crippen molar-refractivity contribution < 1.29 is 29.7 Å². The molecule has 0 aromatic heterocycles. The monoisotopic (exact) mass is 746 g/mol. The maximum absolute atomic E-state index is 10.0. The number of hydrogen-bond acceptors (Lipinski definition) is 6. The SMILES string of the molecule is CC(C)(C)CCCCCC(=O)[O-].CC(C)(C)CCCCCC(=O)[O-].CC(C)(C)CCCCCC(=O)[O-].CCCCCCC[CH2][Sn+3]. The molecule has 0 bridgehead atoms. The number of carboxylic acids is 3. The molecule has 6 nitrogen and oxygen atoms in total. The van der Waals surface area contributed by atoms with Crippen LogP contribution < -0.4 is 15.3 Å². The molecule has 0 N–H and O–H groups in total. The predicted molar refractivity (Wildman–Crippen MR) is 187 cm³/mol. The summed E-state index contributed by atoms with van der Waals surface area (Å²) in [6.45, 7) is 22.1. The van der Waals surface area contributed by atoms with Gasteiger partial charge in [0.05, 0.1) is 0 Å². The second kappa shape index (κ2) is 33.1. The van der Waals surface area contributed by atoms with Gasteiger partial charge >= 0.3 is 72.4 Å². The first kappa shape index (κ1) is 51.1. The van der Waals surface area contributed by atoms with E-state index >= 15 is 0 Å². The van der Waals surface area contributed by atoms with E-state index in [4.69, 9.17) is 0 Å². The second-order valence-corrected chi connectivity index (χ2v) is 17.4. The van der Waals surface area contributed by atoms with Crippen LogP contribution in [0.4, 0.5) is 0 Å². The van der Waals surface area contributed by atoms with Gasteiger partial charge in [0.15, 0.2) is 0 Å². The number of unbranched alkanes of at least 4 members (excludes halogenated alkanes) is 11. The molecule has 0 aliphatic carbocycles. The van der Waals surface area contributed by atoms with Crippen LogP contribution in [0.15, 0.2) is 0 Å². The van der Waals surface area contributed by atoms with Crippen LogP contribution in [0.3, 0.4) is 0 Å². The molecule has 0 spiro atoms. The zero-order valence-electron chi connectivity index (χ0n) is 31.5. The van der Waals surface area contributed by atoms with Crippen molar-refractivity contribution >= 4 is 40.4 Å². The number of carbonyl (C=O) groups is 3. The summed E-state index contributed by atoms with van der Waals surface area (Å²) in [5, 5.41) is 30.1. The number of carboxylic acid groups (broad SMARTS) is 3. The van der Waals surface area contributed by atoms with Crippen molar-refractivity contribution in [2.24, 2.45) is 16.2 Å². The van der Waals surface area contributed by atoms with E-state index in [1.54, 1.807) is 22.5 Å². The van der Waals surface area contributed by atoms with Gasteiger partial charge in [-0.05, 0) is 74.0 Å². The van der Waals surface area contributed by atoms with Crippen LogP contribution in [0.2, 0.25) is 4.44 Å². The molecule has 0 aromatic carbocycles. The van der Waals surface area contributed by atoms with E-state index in [9.17, 15) is 29.7 Å². The van der Waals surface area contributed by atoms with Crippen LogP contribution in [0, 0.1) is 16.2 Å². The maximum atomic E-state index is 10.0. The van der Waals surface area contributed by atoms with Crippen LogP contribution in [0.1, 0.15) is 204 Å². The summed E-state index contributed by atoms with van der Waals surface area (Å²) in [5.41, 5.74) is 1.13. The number of carbonyl (C=O) groups excluding carboxylic acids is 3. The van der Waals surface area contributed by atoms with Gasteiger partial charge in [-0.25, -0.2) is 0 Å². The second-order valence-electron chi connectivity index (χ2n) is 16.0. The summed E-state index contributed by atoms with van der Waals surface area (Å²) >= 11 is 1.71. The van der Waals surface area contributed by atoms with Gasteiger partial charge < -0.3 is 29.7 Å². The number of rotatable bonds is 21. The standard InChI is InChI=1S/3C10H20O2.C8H17.Sn/c3*1-10(2,3)8-6-4-5-7-9(11)12;1-3-5-7-8-6-4-2;/h3*4-8H2,1-3H3,(H,11,12);1,3-8H2,2H3;/q;;;;+3/p-3. The first-order valence-electron chi connectivity index (χ1n) is 17.9. The number of aliphatic carboxylic acids is 3. The van der Waals surface area contributed by atoms with Crippen molar-refractivity contribution in [3.05, 3.63) is 0 Å². The van der Waals surface area contributed by atoms with Crippen molar-refractivity contribution in [2.75, 3.05) is 0 Å². The molecular formula is C38H74O6Sn. The molecule has 0 aromatic rings. The minimum atomic E-state index is -0.925. The fourth-order valence-corrected chi connectivity index (χ4v) is 4.92. The molecule has 0 aliphatic rings. The average Bonchev–Trinajstić information content (AvgIpc) is 2.87. The third-order valence-corrected chi connectivity index (χ3v) is 7.96. The minimum absolute atomic E-state index is 0.212. The summed E-state index contributed by atoms with van der Waals surface area (Å²) in [5.74, 6) is -2.78. The van der Waals surface area contributed by atoms with Crippen molar-refractivity contribution in [1.82, 2.24) is 0 Å². The average molecular weight is 746 g/mol. The van der Waals surface area contributed by atoms with Gasteiger partial charge in [-0.2, -0.15) is 0 Å². The van der Waals surface area contributed by atoms with Crippen LogP contribution >= 0.6 is 0 Å². The van der Waals surface area contributed by atoms with Crippen molar-refractivity contribution in [3.8, 4) is 0 Å². The normalized spacial score (nSPS) is 11.3. The molecule has 0 heterocycles. The van der Waals surface area contributed by atoms with E-state index in [0.717, 1.165) is 57.8 Å². The number of hydrogen-bond donors (Lipinski definition) is 0. The summed E-state index contributed by atoms with van der Waals surface area (Å²) in [4.78, 5) is 30.1. The first-order valence-corrected chi connectivity index (χ1v) is 19.9. The Labute approximate surface area is 293 Å². The molecule has 0 saturated carbocycles. The van der Waals surface area contributed by atoms with Gasteiger partial charge in [0.1, 0.15) is 0 Å². The molecule has 0 aliphatic heterocycles. The van der Waals surface area contributed by atoms with Gasteiger partial charge in [0.2, 0.25) is 0 Å². The van der Waals surface area contributed by atoms with E-state index in [1.807, 2.05) is 0 Å². The molecule has 266 valence electrons. The Morgan fingerprint density at radius 3 is 0.889 bits per heavy atom. The zero-order chi connectivity index (χ0) is 35.8. The third kappa shape index (κ3) is 70.7. The molecule has 0 rings (SSSR count). The van der Waals surface area contributed by atoms with Crippen LogP contribution in [-0.2, 0) is 14.4 Å². The van der Waals surface area contributed by atoms with Crippen LogP contribution in [0.25, 0.3) is 0 Å². The van der Waals surface area contributed by atoms with Gasteiger partial charge in [-0.15, -0.1) is 0 Å². The van der Waals surface area contributed by atoms with Crippen molar-refractivity contribution in [3.63, 3.8) is 0 Å². The third-order valence-electron chi connectivity index (χ3n) is 6.95. The van der Waals surface area contributed by atoms with Gasteiger partial charge in [0, 0.05) is 17.9 Å². The topological polar surface area (TPSA) is 120 Å². The molecule has 45 heavy (non-hydrogen) atoms. The summed E-state index contributed by atoms with van der Waals surface area (Å²) in [6.07, 6.45) is 21.5. The molecule has 0 radical (unpaired) electrons. The van der Waals surface area contributed by atoms with E-state index in [-0.39, 0.29) is 19.3 Å². The Hall–Kier alpha value is -0.791. The van der Waals surface area contributed by atoms with E-state index in [2.05, 4.69) is 69.2 Å². The molecule has 7 heteroatoms. The Kier molecular flexibility index (Phi) is 37.6. The summed E-state index contributed by atoms with van der Waals surface area (Å²) in [6, 6.07) is 0. The fourth-order valence-electron chi connectivity index (χ4n) is 4.21. The van der Waals surface area contributed by atoms with Crippen molar-refractivity contribution in [1.29, 1.82) is 0 Å². The molecule has 0 amide bonds. The summed E-state index contributed by atoms with van der Waals surface area (Å²) in [7, 11) is 0. The Bertz CT molecular complexity index is 584. The fraction of sp³-hybridized carbons (Fsp3) is 0.921.